The molecular weight excluding hydrogens is 270 g/mol. The first kappa shape index (κ1) is 17.5. The summed E-state index contributed by atoms with van der Waals surface area (Å²) in [5, 5.41) is 18.9. The monoisotopic (exact) mass is 297 g/mol. The van der Waals surface area contributed by atoms with Crippen molar-refractivity contribution in [2.45, 2.75) is 58.9 Å². The molecule has 6 heteroatoms. The predicted octanol–water partition coefficient (Wildman–Crippen LogP) is 2.07. The van der Waals surface area contributed by atoms with E-state index < -0.39 is 5.54 Å². The van der Waals surface area contributed by atoms with Crippen LogP contribution >= 0.6 is 0 Å². The van der Waals surface area contributed by atoms with Gasteiger partial charge in [0.25, 0.3) is 0 Å². The van der Waals surface area contributed by atoms with Crippen LogP contribution in [0.4, 0.5) is 4.79 Å². The third-order valence-corrected chi connectivity index (χ3v) is 3.64. The number of aliphatic hydroxyl groups excluding tert-OH is 1. The number of hydrogen-bond acceptors (Lipinski definition) is 4. The van der Waals surface area contributed by atoms with E-state index in [1.165, 1.54) is 0 Å². The zero-order valence-electron chi connectivity index (χ0n) is 13.5. The normalized spacial score (nSPS) is 13.8. The van der Waals surface area contributed by atoms with Gasteiger partial charge in [-0.1, -0.05) is 18.5 Å². The Hall–Kier alpha value is -1.56. The molecule has 0 saturated carbocycles. The lowest BCUT2D eigenvalue weighted by Gasteiger charge is -2.28. The number of amides is 2. The fourth-order valence-electron chi connectivity index (χ4n) is 2.38. The number of rotatable bonds is 8. The summed E-state index contributed by atoms with van der Waals surface area (Å²) in [6.07, 6.45) is 3.30. The van der Waals surface area contributed by atoms with Crippen LogP contribution in [0.25, 0.3) is 0 Å². The van der Waals surface area contributed by atoms with Gasteiger partial charge in [-0.05, 0) is 40.0 Å². The lowest BCUT2D eigenvalue weighted by atomic mass is 9.98. The number of aliphatic hydroxyl groups is 1. The molecule has 0 bridgehead atoms. The van der Waals surface area contributed by atoms with E-state index in [1.54, 1.807) is 0 Å². The quantitative estimate of drug-likeness (QED) is 0.641. The molecule has 1 aromatic heterocycles. The lowest BCUT2D eigenvalue weighted by molar-refractivity contribution is 0.163. The van der Waals surface area contributed by atoms with Crippen molar-refractivity contribution in [3.05, 3.63) is 17.0 Å². The number of aromatic nitrogens is 1. The zero-order chi connectivity index (χ0) is 15.9. The van der Waals surface area contributed by atoms with Gasteiger partial charge in [0.1, 0.15) is 5.76 Å². The Morgan fingerprint density at radius 1 is 1.43 bits per heavy atom. The first-order chi connectivity index (χ1) is 9.91. The average Bonchev–Trinajstić information content (AvgIpc) is 2.75. The first-order valence-electron chi connectivity index (χ1n) is 7.50. The SMILES string of the molecule is CCCC(C)(CO)NC(=O)NCCCc1c(C)noc1C. The minimum Gasteiger partial charge on any atom is -0.394 e. The van der Waals surface area contributed by atoms with E-state index >= 15 is 0 Å². The van der Waals surface area contributed by atoms with Gasteiger partial charge in [0.15, 0.2) is 0 Å². The largest absolute Gasteiger partial charge is 0.394 e. The highest BCUT2D eigenvalue weighted by atomic mass is 16.5. The highest BCUT2D eigenvalue weighted by molar-refractivity contribution is 5.74. The van der Waals surface area contributed by atoms with E-state index in [4.69, 9.17) is 4.52 Å². The fraction of sp³-hybridized carbons (Fsp3) is 0.733. The van der Waals surface area contributed by atoms with E-state index in [1.807, 2.05) is 27.7 Å². The van der Waals surface area contributed by atoms with Crippen LogP contribution in [-0.2, 0) is 6.42 Å². The van der Waals surface area contributed by atoms with Crippen molar-refractivity contribution < 1.29 is 14.4 Å². The van der Waals surface area contributed by atoms with Crippen LogP contribution in [0.2, 0.25) is 0 Å². The van der Waals surface area contributed by atoms with Gasteiger partial charge in [-0.2, -0.15) is 0 Å². The molecule has 120 valence electrons. The van der Waals surface area contributed by atoms with Crippen LogP contribution in [0.3, 0.4) is 0 Å². The Morgan fingerprint density at radius 2 is 2.14 bits per heavy atom. The fourth-order valence-corrected chi connectivity index (χ4v) is 2.38. The summed E-state index contributed by atoms with van der Waals surface area (Å²) in [6, 6.07) is -0.237. The van der Waals surface area contributed by atoms with E-state index in [0.29, 0.717) is 6.54 Å². The van der Waals surface area contributed by atoms with E-state index in [2.05, 4.69) is 15.8 Å². The summed E-state index contributed by atoms with van der Waals surface area (Å²) in [5.74, 6) is 0.841. The Kier molecular flexibility index (Phi) is 6.68. The minimum atomic E-state index is -0.555. The van der Waals surface area contributed by atoms with Gasteiger partial charge in [0.05, 0.1) is 17.8 Å². The number of nitrogens with one attached hydrogen (secondary N) is 2. The summed E-state index contributed by atoms with van der Waals surface area (Å²) in [4.78, 5) is 11.8. The minimum absolute atomic E-state index is 0.0622. The smallest absolute Gasteiger partial charge is 0.315 e. The Morgan fingerprint density at radius 3 is 2.67 bits per heavy atom. The van der Waals surface area contributed by atoms with Crippen LogP contribution in [-0.4, -0.2) is 35.0 Å². The Balaban J connectivity index is 2.31. The van der Waals surface area contributed by atoms with Crippen molar-refractivity contribution in [3.63, 3.8) is 0 Å². The second-order valence-corrected chi connectivity index (χ2v) is 5.76. The second kappa shape index (κ2) is 8.02. The van der Waals surface area contributed by atoms with Crippen molar-refractivity contribution in [1.82, 2.24) is 15.8 Å². The molecule has 0 spiro atoms. The number of carbonyl (C=O) groups is 1. The van der Waals surface area contributed by atoms with Gasteiger partial charge in [0.2, 0.25) is 0 Å². The van der Waals surface area contributed by atoms with Crippen molar-refractivity contribution in [2.24, 2.45) is 0 Å². The van der Waals surface area contributed by atoms with Crippen molar-refractivity contribution in [2.75, 3.05) is 13.2 Å². The van der Waals surface area contributed by atoms with Gasteiger partial charge < -0.3 is 20.3 Å². The molecule has 0 radical (unpaired) electrons. The number of hydrogen-bond donors (Lipinski definition) is 3. The third kappa shape index (κ3) is 5.38. The lowest BCUT2D eigenvalue weighted by Crippen LogP contribution is -2.52. The molecule has 0 aromatic carbocycles. The van der Waals surface area contributed by atoms with Crippen molar-refractivity contribution >= 4 is 6.03 Å². The highest BCUT2D eigenvalue weighted by Crippen LogP contribution is 2.14. The standard InChI is InChI=1S/C15H27N3O3/c1-5-8-15(4,10-19)17-14(20)16-9-6-7-13-11(2)18-21-12(13)3/h19H,5-10H2,1-4H3,(H2,16,17,20). The summed E-state index contributed by atoms with van der Waals surface area (Å²) < 4.78 is 5.10. The maximum atomic E-state index is 11.8. The Bertz CT molecular complexity index is 440. The summed E-state index contributed by atoms with van der Waals surface area (Å²) in [7, 11) is 0. The van der Waals surface area contributed by atoms with Gasteiger partial charge in [-0.15, -0.1) is 0 Å². The van der Waals surface area contributed by atoms with Crippen LogP contribution in [0.1, 0.15) is 50.1 Å². The van der Waals surface area contributed by atoms with Crippen LogP contribution in [0, 0.1) is 13.8 Å². The van der Waals surface area contributed by atoms with Crippen molar-refractivity contribution in [3.8, 4) is 0 Å². The first-order valence-corrected chi connectivity index (χ1v) is 7.50. The Labute approximate surface area is 126 Å². The molecule has 1 aromatic rings. The molecule has 2 amide bonds. The summed E-state index contributed by atoms with van der Waals surface area (Å²) in [5.41, 5.74) is 1.47. The van der Waals surface area contributed by atoms with E-state index in [-0.39, 0.29) is 12.6 Å². The molecule has 1 unspecified atom stereocenters. The molecule has 3 N–H and O–H groups in total. The molecular formula is C15H27N3O3. The maximum Gasteiger partial charge on any atom is 0.315 e. The number of carbonyl (C=O) groups excluding carboxylic acids is 1. The molecule has 6 nitrogen and oxygen atoms in total. The van der Waals surface area contributed by atoms with Gasteiger partial charge in [-0.25, -0.2) is 4.79 Å². The summed E-state index contributed by atoms with van der Waals surface area (Å²) >= 11 is 0. The van der Waals surface area contributed by atoms with Gasteiger partial charge >= 0.3 is 6.03 Å². The average molecular weight is 297 g/mol. The number of nitrogens with zero attached hydrogens (tertiary/aromatic N) is 1. The van der Waals surface area contributed by atoms with Crippen LogP contribution in [0.15, 0.2) is 4.52 Å². The molecule has 1 atom stereocenters. The molecule has 1 rings (SSSR count). The molecule has 21 heavy (non-hydrogen) atoms. The molecule has 0 aliphatic rings. The van der Waals surface area contributed by atoms with E-state index in [9.17, 15) is 9.90 Å². The van der Waals surface area contributed by atoms with Crippen LogP contribution in [0.5, 0.6) is 0 Å². The molecule has 0 aliphatic heterocycles. The highest BCUT2D eigenvalue weighted by Gasteiger charge is 2.24. The molecule has 0 aliphatic carbocycles. The van der Waals surface area contributed by atoms with Crippen LogP contribution < -0.4 is 10.6 Å². The predicted molar refractivity (Wildman–Crippen MR) is 81.2 cm³/mol. The molecule has 0 fully saturated rings. The molecule has 0 saturated heterocycles. The van der Waals surface area contributed by atoms with E-state index in [0.717, 1.165) is 42.7 Å². The maximum absolute atomic E-state index is 11.8. The second-order valence-electron chi connectivity index (χ2n) is 5.76. The van der Waals surface area contributed by atoms with Gasteiger partial charge in [-0.3, -0.25) is 0 Å². The van der Waals surface area contributed by atoms with Crippen molar-refractivity contribution in [1.29, 1.82) is 0 Å². The number of urea groups is 1. The summed E-state index contributed by atoms with van der Waals surface area (Å²) in [6.45, 7) is 8.20. The number of aryl methyl sites for hydroxylation is 2. The zero-order valence-corrected chi connectivity index (χ0v) is 13.5. The molecule has 1 heterocycles. The third-order valence-electron chi connectivity index (χ3n) is 3.64. The topological polar surface area (TPSA) is 87.4 Å². The van der Waals surface area contributed by atoms with Gasteiger partial charge in [0, 0.05) is 12.1 Å².